The molecule has 5 aromatic rings. The summed E-state index contributed by atoms with van der Waals surface area (Å²) in [5, 5.41) is 23.6. The highest BCUT2D eigenvalue weighted by molar-refractivity contribution is 7.99. The molecule has 0 atom stereocenters. The number of pyridine rings is 1. The Hall–Kier alpha value is -2.82. The highest BCUT2D eigenvalue weighted by Crippen LogP contribution is 2.31. The van der Waals surface area contributed by atoms with Gasteiger partial charge in [-0.3, -0.25) is 9.67 Å². The van der Waals surface area contributed by atoms with Crippen LogP contribution in [0, 0.1) is 0 Å². The Morgan fingerprint density at radius 1 is 1.14 bits per heavy atom. The van der Waals surface area contributed by atoms with E-state index in [1.54, 1.807) is 27.8 Å². The maximum Gasteiger partial charge on any atom is 0.235 e. The number of fused-ring (bicyclic) bond motifs is 2. The third kappa shape index (κ3) is 3.61. The van der Waals surface area contributed by atoms with Crippen molar-refractivity contribution in [3.05, 3.63) is 47.9 Å². The summed E-state index contributed by atoms with van der Waals surface area (Å²) in [7, 11) is 1.91. The number of aryl methyl sites for hydroxylation is 1. The van der Waals surface area contributed by atoms with Gasteiger partial charge < -0.3 is 5.32 Å². The number of aromatic nitrogens is 7. The molecule has 0 radical (unpaired) electrons. The first kappa shape index (κ1) is 18.2. The molecule has 5 rings (SSSR count). The Morgan fingerprint density at radius 2 is 2.07 bits per heavy atom. The van der Waals surface area contributed by atoms with Crippen molar-refractivity contribution in [3.63, 3.8) is 0 Å². The van der Waals surface area contributed by atoms with Crippen LogP contribution in [0.25, 0.3) is 27.0 Å². The zero-order chi connectivity index (χ0) is 19.8. The standard InChI is InChI=1S/C19H18N8S2/c1-3-20-10-17-25-27-18(23-24-19(27)29-17)28-15-4-5-16-12(7-15)6-13(8-21-16)14-9-22-26(2)11-14/h4-9,11,20H,3,10H2,1-2H3. The fraction of sp³-hybridized carbons (Fsp3) is 0.211. The van der Waals surface area contributed by atoms with Gasteiger partial charge in [0.05, 0.1) is 11.7 Å². The van der Waals surface area contributed by atoms with E-state index in [4.69, 9.17) is 0 Å². The van der Waals surface area contributed by atoms with E-state index >= 15 is 0 Å². The van der Waals surface area contributed by atoms with Gasteiger partial charge in [0.1, 0.15) is 5.01 Å². The number of rotatable bonds is 6. The summed E-state index contributed by atoms with van der Waals surface area (Å²) in [6.07, 6.45) is 5.72. The summed E-state index contributed by atoms with van der Waals surface area (Å²) in [6, 6.07) is 8.34. The predicted octanol–water partition coefficient (Wildman–Crippen LogP) is 3.40. The smallest absolute Gasteiger partial charge is 0.235 e. The molecule has 0 aliphatic carbocycles. The van der Waals surface area contributed by atoms with Gasteiger partial charge in [-0.15, -0.1) is 10.2 Å². The minimum atomic E-state index is 0.743. The molecule has 8 nitrogen and oxygen atoms in total. The molecule has 0 saturated heterocycles. The largest absolute Gasteiger partial charge is 0.311 e. The molecule has 0 saturated carbocycles. The molecule has 0 spiro atoms. The first-order valence-corrected chi connectivity index (χ1v) is 10.8. The number of hydrogen-bond donors (Lipinski definition) is 1. The van der Waals surface area contributed by atoms with E-state index in [0.29, 0.717) is 0 Å². The molecule has 0 aliphatic heterocycles. The van der Waals surface area contributed by atoms with Gasteiger partial charge >= 0.3 is 0 Å². The third-order valence-electron chi connectivity index (χ3n) is 4.43. The molecule has 0 fully saturated rings. The van der Waals surface area contributed by atoms with Crippen molar-refractivity contribution in [2.45, 2.75) is 23.5 Å². The second-order valence-corrected chi connectivity index (χ2v) is 8.62. The second kappa shape index (κ2) is 7.54. The zero-order valence-corrected chi connectivity index (χ0v) is 17.5. The molecule has 1 N–H and O–H groups in total. The molecule has 29 heavy (non-hydrogen) atoms. The molecule has 146 valence electrons. The summed E-state index contributed by atoms with van der Waals surface area (Å²) in [4.78, 5) is 6.46. The molecule has 10 heteroatoms. The van der Waals surface area contributed by atoms with Crippen LogP contribution in [0.2, 0.25) is 0 Å². The lowest BCUT2D eigenvalue weighted by Gasteiger charge is -2.04. The lowest BCUT2D eigenvalue weighted by atomic mass is 10.1. The number of hydrogen-bond acceptors (Lipinski definition) is 8. The van der Waals surface area contributed by atoms with Gasteiger partial charge in [0.2, 0.25) is 10.1 Å². The number of nitrogens with one attached hydrogen (secondary N) is 1. The Bertz CT molecular complexity index is 1300. The van der Waals surface area contributed by atoms with E-state index < -0.39 is 0 Å². The quantitative estimate of drug-likeness (QED) is 0.449. The molecule has 4 aromatic heterocycles. The summed E-state index contributed by atoms with van der Waals surface area (Å²) < 4.78 is 3.61. The number of benzene rings is 1. The number of nitrogens with zero attached hydrogens (tertiary/aromatic N) is 7. The Balaban J connectivity index is 1.45. The highest BCUT2D eigenvalue weighted by atomic mass is 32.2. The minimum absolute atomic E-state index is 0.743. The van der Waals surface area contributed by atoms with Crippen LogP contribution >= 0.6 is 23.1 Å². The van der Waals surface area contributed by atoms with Crippen molar-refractivity contribution in [2.24, 2.45) is 7.05 Å². The molecule has 0 aliphatic rings. The maximum absolute atomic E-state index is 4.63. The average molecular weight is 423 g/mol. The van der Waals surface area contributed by atoms with Gasteiger partial charge in [0.15, 0.2) is 0 Å². The summed E-state index contributed by atoms with van der Waals surface area (Å²) in [5.41, 5.74) is 3.05. The van der Waals surface area contributed by atoms with Crippen molar-refractivity contribution < 1.29 is 0 Å². The average Bonchev–Trinajstić information content (AvgIpc) is 3.43. The fourth-order valence-electron chi connectivity index (χ4n) is 3.01. The molecule has 0 unspecified atom stereocenters. The summed E-state index contributed by atoms with van der Waals surface area (Å²) >= 11 is 3.11. The maximum atomic E-state index is 4.63. The van der Waals surface area contributed by atoms with Gasteiger partial charge in [-0.05, 0) is 42.6 Å². The van der Waals surface area contributed by atoms with Crippen molar-refractivity contribution >= 4 is 39.0 Å². The van der Waals surface area contributed by atoms with Crippen LogP contribution in [0.15, 0.2) is 52.9 Å². The normalized spacial score (nSPS) is 11.7. The van der Waals surface area contributed by atoms with Crippen molar-refractivity contribution in [2.75, 3.05) is 6.54 Å². The highest BCUT2D eigenvalue weighted by Gasteiger charge is 2.13. The van der Waals surface area contributed by atoms with Crippen LogP contribution in [0.5, 0.6) is 0 Å². The lowest BCUT2D eigenvalue weighted by Crippen LogP contribution is -2.11. The van der Waals surface area contributed by atoms with Crippen LogP contribution in [-0.4, -0.2) is 41.1 Å². The monoisotopic (exact) mass is 422 g/mol. The van der Waals surface area contributed by atoms with Crippen LogP contribution in [0.1, 0.15) is 11.9 Å². The Morgan fingerprint density at radius 3 is 2.90 bits per heavy atom. The van der Waals surface area contributed by atoms with Crippen molar-refractivity contribution in [1.29, 1.82) is 0 Å². The van der Waals surface area contributed by atoms with Gasteiger partial charge in [0, 0.05) is 47.4 Å². The second-order valence-electron chi connectivity index (χ2n) is 6.54. The molecule has 1 aromatic carbocycles. The fourth-order valence-corrected chi connectivity index (χ4v) is 4.70. The van der Waals surface area contributed by atoms with E-state index in [9.17, 15) is 0 Å². The van der Waals surface area contributed by atoms with Gasteiger partial charge in [-0.1, -0.05) is 18.3 Å². The SMILES string of the molecule is CCNCc1nn2c(Sc3ccc4ncc(-c5cnn(C)c5)cc4c3)nnc2s1. The van der Waals surface area contributed by atoms with E-state index in [1.807, 2.05) is 36.2 Å². The van der Waals surface area contributed by atoms with E-state index in [0.717, 1.165) is 55.1 Å². The molecule has 0 amide bonds. The van der Waals surface area contributed by atoms with E-state index in [1.165, 1.54) is 0 Å². The van der Waals surface area contributed by atoms with Crippen molar-refractivity contribution in [3.8, 4) is 11.1 Å². The Kier molecular flexibility index (Phi) is 4.74. The predicted molar refractivity (Wildman–Crippen MR) is 114 cm³/mol. The van der Waals surface area contributed by atoms with Gasteiger partial charge in [-0.2, -0.15) is 14.7 Å². The molecular formula is C19H18N8S2. The molecular weight excluding hydrogens is 404 g/mol. The first-order valence-electron chi connectivity index (χ1n) is 9.18. The minimum Gasteiger partial charge on any atom is -0.311 e. The van der Waals surface area contributed by atoms with Crippen LogP contribution < -0.4 is 5.32 Å². The third-order valence-corrected chi connectivity index (χ3v) is 6.26. The molecule has 0 bridgehead atoms. The lowest BCUT2D eigenvalue weighted by molar-refractivity contribution is 0.697. The van der Waals surface area contributed by atoms with E-state index in [2.05, 4.69) is 55.8 Å². The van der Waals surface area contributed by atoms with Crippen LogP contribution in [0.4, 0.5) is 0 Å². The van der Waals surface area contributed by atoms with Gasteiger partial charge in [-0.25, -0.2) is 0 Å². The topological polar surface area (TPSA) is 85.8 Å². The van der Waals surface area contributed by atoms with Crippen LogP contribution in [-0.2, 0) is 13.6 Å². The Labute approximate surface area is 175 Å². The van der Waals surface area contributed by atoms with Gasteiger partial charge in [0.25, 0.3) is 0 Å². The molecule has 4 heterocycles. The zero-order valence-electron chi connectivity index (χ0n) is 15.9. The summed E-state index contributed by atoms with van der Waals surface area (Å²) in [5.74, 6) is 0. The van der Waals surface area contributed by atoms with Crippen LogP contribution in [0.3, 0.4) is 0 Å². The first-order chi connectivity index (χ1) is 14.2. The van der Waals surface area contributed by atoms with E-state index in [-0.39, 0.29) is 0 Å². The summed E-state index contributed by atoms with van der Waals surface area (Å²) in [6.45, 7) is 3.73. The van der Waals surface area contributed by atoms with Crippen molar-refractivity contribution in [1.82, 2.24) is 39.9 Å².